The van der Waals surface area contributed by atoms with Gasteiger partial charge in [-0.1, -0.05) is 6.92 Å². The molecule has 0 bridgehead atoms. The van der Waals surface area contributed by atoms with Crippen molar-refractivity contribution in [1.82, 2.24) is 30.0 Å². The highest BCUT2D eigenvalue weighted by atomic mass is 16.4. The van der Waals surface area contributed by atoms with Crippen LogP contribution in [-0.2, 0) is 18.4 Å². The molecule has 2 heterocycles. The maximum Gasteiger partial charge on any atom is 0.306 e. The molecule has 0 aromatic carbocycles. The molecule has 2 aromatic rings. The van der Waals surface area contributed by atoms with E-state index < -0.39 is 11.9 Å². The molecule has 2 rings (SSSR count). The van der Waals surface area contributed by atoms with Crippen LogP contribution in [0.1, 0.15) is 13.3 Å². The van der Waals surface area contributed by atoms with Crippen molar-refractivity contribution in [2.45, 2.75) is 19.9 Å². The SMILES string of the molecule is CC(CCn1nnnc1-c1ccnn1C)C(=O)O. The summed E-state index contributed by atoms with van der Waals surface area (Å²) in [6, 6.07) is 1.81. The monoisotopic (exact) mass is 250 g/mol. The van der Waals surface area contributed by atoms with Gasteiger partial charge in [-0.2, -0.15) is 5.10 Å². The van der Waals surface area contributed by atoms with Gasteiger partial charge >= 0.3 is 5.97 Å². The van der Waals surface area contributed by atoms with Crippen molar-refractivity contribution in [3.8, 4) is 11.5 Å². The molecule has 0 amide bonds. The van der Waals surface area contributed by atoms with Crippen molar-refractivity contribution in [3.63, 3.8) is 0 Å². The fourth-order valence-corrected chi connectivity index (χ4v) is 1.57. The number of carbonyl (C=O) groups is 1. The Morgan fingerprint density at radius 1 is 1.56 bits per heavy atom. The van der Waals surface area contributed by atoms with Crippen molar-refractivity contribution >= 4 is 5.97 Å². The number of aliphatic carboxylic acids is 1. The zero-order valence-electron chi connectivity index (χ0n) is 10.2. The van der Waals surface area contributed by atoms with Gasteiger partial charge in [-0.05, 0) is 22.9 Å². The summed E-state index contributed by atoms with van der Waals surface area (Å²) in [4.78, 5) is 10.8. The summed E-state index contributed by atoms with van der Waals surface area (Å²) < 4.78 is 3.26. The minimum Gasteiger partial charge on any atom is -0.481 e. The van der Waals surface area contributed by atoms with E-state index in [0.717, 1.165) is 5.69 Å². The van der Waals surface area contributed by atoms with Crippen LogP contribution in [-0.4, -0.2) is 41.1 Å². The van der Waals surface area contributed by atoms with Crippen LogP contribution in [0.5, 0.6) is 0 Å². The maximum atomic E-state index is 10.8. The van der Waals surface area contributed by atoms with Crippen LogP contribution < -0.4 is 0 Å². The van der Waals surface area contributed by atoms with Crippen molar-refractivity contribution in [2.75, 3.05) is 0 Å². The fraction of sp³-hybridized carbons (Fsp3) is 0.500. The second-order valence-corrected chi connectivity index (χ2v) is 4.09. The van der Waals surface area contributed by atoms with E-state index in [-0.39, 0.29) is 0 Å². The van der Waals surface area contributed by atoms with Gasteiger partial charge in [0.05, 0.1) is 5.92 Å². The molecule has 1 N–H and O–H groups in total. The summed E-state index contributed by atoms with van der Waals surface area (Å²) in [6.07, 6.45) is 2.14. The van der Waals surface area contributed by atoms with Crippen LogP contribution in [0, 0.1) is 5.92 Å². The highest BCUT2D eigenvalue weighted by molar-refractivity contribution is 5.69. The topological polar surface area (TPSA) is 98.7 Å². The molecule has 1 atom stereocenters. The molecular formula is C10H14N6O2. The first kappa shape index (κ1) is 12.2. The minimum atomic E-state index is -0.815. The molecule has 0 aliphatic carbocycles. The van der Waals surface area contributed by atoms with Crippen LogP contribution in [0.15, 0.2) is 12.3 Å². The molecule has 0 saturated heterocycles. The van der Waals surface area contributed by atoms with E-state index in [2.05, 4.69) is 20.6 Å². The van der Waals surface area contributed by atoms with Gasteiger partial charge < -0.3 is 5.11 Å². The highest BCUT2D eigenvalue weighted by Gasteiger charge is 2.15. The molecular weight excluding hydrogens is 236 g/mol. The second-order valence-electron chi connectivity index (χ2n) is 4.09. The molecule has 0 radical (unpaired) electrons. The van der Waals surface area contributed by atoms with E-state index in [1.807, 2.05) is 6.07 Å². The van der Waals surface area contributed by atoms with Crippen LogP contribution in [0.25, 0.3) is 11.5 Å². The zero-order valence-corrected chi connectivity index (χ0v) is 10.2. The summed E-state index contributed by atoms with van der Waals surface area (Å²) in [5.41, 5.74) is 0.794. The molecule has 18 heavy (non-hydrogen) atoms. The van der Waals surface area contributed by atoms with Gasteiger partial charge in [0.1, 0.15) is 5.69 Å². The number of carboxylic acids is 1. The Bertz CT molecular complexity index is 546. The third-order valence-electron chi connectivity index (χ3n) is 2.78. The number of hydrogen-bond donors (Lipinski definition) is 1. The van der Waals surface area contributed by atoms with Crippen LogP contribution in [0.2, 0.25) is 0 Å². The molecule has 96 valence electrons. The number of hydrogen-bond acceptors (Lipinski definition) is 5. The van der Waals surface area contributed by atoms with Crippen molar-refractivity contribution in [2.24, 2.45) is 13.0 Å². The zero-order chi connectivity index (χ0) is 13.1. The summed E-state index contributed by atoms with van der Waals surface area (Å²) in [6.45, 7) is 2.12. The van der Waals surface area contributed by atoms with E-state index in [4.69, 9.17) is 5.11 Å². The number of nitrogens with zero attached hydrogens (tertiary/aromatic N) is 6. The van der Waals surface area contributed by atoms with Crippen LogP contribution in [0.3, 0.4) is 0 Å². The summed E-state index contributed by atoms with van der Waals surface area (Å²) in [5.74, 6) is -0.647. The molecule has 1 unspecified atom stereocenters. The van der Waals surface area contributed by atoms with Crippen LogP contribution >= 0.6 is 0 Å². The fourth-order valence-electron chi connectivity index (χ4n) is 1.57. The average molecular weight is 250 g/mol. The highest BCUT2D eigenvalue weighted by Crippen LogP contribution is 2.15. The molecule has 2 aromatic heterocycles. The van der Waals surface area contributed by atoms with E-state index in [9.17, 15) is 4.79 Å². The lowest BCUT2D eigenvalue weighted by Gasteiger charge is -2.07. The molecule has 0 aliphatic heterocycles. The normalized spacial score (nSPS) is 12.6. The number of aryl methyl sites for hydroxylation is 2. The Balaban J connectivity index is 2.14. The van der Waals surface area contributed by atoms with Gasteiger partial charge in [-0.15, -0.1) is 5.10 Å². The Kier molecular flexibility index (Phi) is 3.35. The summed E-state index contributed by atoms with van der Waals surface area (Å²) >= 11 is 0. The van der Waals surface area contributed by atoms with Crippen LogP contribution in [0.4, 0.5) is 0 Å². The number of rotatable bonds is 5. The maximum absolute atomic E-state index is 10.8. The predicted octanol–water partition coefficient (Wildman–Crippen LogP) is 0.184. The summed E-state index contributed by atoms with van der Waals surface area (Å²) in [5, 5.41) is 24.3. The Hall–Kier alpha value is -2.25. The van der Waals surface area contributed by atoms with Gasteiger partial charge in [0.2, 0.25) is 0 Å². The van der Waals surface area contributed by atoms with Crippen molar-refractivity contribution in [3.05, 3.63) is 12.3 Å². The van der Waals surface area contributed by atoms with E-state index >= 15 is 0 Å². The lowest BCUT2D eigenvalue weighted by molar-refractivity contribution is -0.141. The second kappa shape index (κ2) is 4.94. The largest absolute Gasteiger partial charge is 0.481 e. The molecule has 0 aliphatic rings. The van der Waals surface area contributed by atoms with Gasteiger partial charge in [0.25, 0.3) is 0 Å². The first-order valence-electron chi connectivity index (χ1n) is 5.57. The van der Waals surface area contributed by atoms with Gasteiger partial charge in [-0.25, -0.2) is 4.68 Å². The predicted molar refractivity (Wildman–Crippen MR) is 61.4 cm³/mol. The number of aromatic nitrogens is 6. The molecule has 8 nitrogen and oxygen atoms in total. The average Bonchev–Trinajstić information content (AvgIpc) is 2.93. The first-order chi connectivity index (χ1) is 8.59. The lowest BCUT2D eigenvalue weighted by Crippen LogP contribution is -2.14. The molecule has 0 fully saturated rings. The Morgan fingerprint density at radius 3 is 2.94 bits per heavy atom. The molecule has 0 saturated carbocycles. The third kappa shape index (κ3) is 2.36. The van der Waals surface area contributed by atoms with E-state index in [1.165, 1.54) is 0 Å². The Labute approximate surface area is 103 Å². The number of carboxylic acid groups (broad SMARTS) is 1. The summed E-state index contributed by atoms with van der Waals surface area (Å²) in [7, 11) is 1.80. The number of tetrazole rings is 1. The molecule has 8 heteroatoms. The Morgan fingerprint density at radius 2 is 2.33 bits per heavy atom. The first-order valence-corrected chi connectivity index (χ1v) is 5.57. The van der Waals surface area contributed by atoms with Gasteiger partial charge in [-0.3, -0.25) is 9.48 Å². The lowest BCUT2D eigenvalue weighted by atomic mass is 10.1. The van der Waals surface area contributed by atoms with Gasteiger partial charge in [0, 0.05) is 19.8 Å². The van der Waals surface area contributed by atoms with Gasteiger partial charge in [0.15, 0.2) is 5.82 Å². The van der Waals surface area contributed by atoms with Crippen molar-refractivity contribution in [1.29, 1.82) is 0 Å². The van der Waals surface area contributed by atoms with E-state index in [0.29, 0.717) is 18.8 Å². The standard InChI is InChI=1S/C10H14N6O2/c1-7(10(17)18)4-6-16-9(12-13-14-16)8-3-5-11-15(8)2/h3,5,7H,4,6H2,1-2H3,(H,17,18). The third-order valence-corrected chi connectivity index (χ3v) is 2.78. The smallest absolute Gasteiger partial charge is 0.306 e. The quantitative estimate of drug-likeness (QED) is 0.813. The molecule has 0 spiro atoms. The van der Waals surface area contributed by atoms with E-state index in [1.54, 1.807) is 29.5 Å². The van der Waals surface area contributed by atoms with Crippen molar-refractivity contribution < 1.29 is 9.90 Å². The minimum absolute atomic E-state index is 0.423.